The lowest BCUT2D eigenvalue weighted by atomic mass is 9.84. The van der Waals surface area contributed by atoms with Crippen molar-refractivity contribution in [2.24, 2.45) is 5.41 Å². The molecule has 0 N–H and O–H groups in total. The number of rotatable bonds is 4. The summed E-state index contributed by atoms with van der Waals surface area (Å²) in [6.07, 6.45) is -3.92. The van der Waals surface area contributed by atoms with Crippen LogP contribution in [0.1, 0.15) is 46.5 Å². The number of hydrogen-bond acceptors (Lipinski definition) is 5. The Morgan fingerprint density at radius 1 is 1.12 bits per heavy atom. The minimum Gasteiger partial charge on any atom is -0.385 e. The molecule has 0 bridgehead atoms. The predicted molar refractivity (Wildman–Crippen MR) is 75.6 cm³/mol. The fourth-order valence-corrected chi connectivity index (χ4v) is 2.22. The number of hydrogen-bond donors (Lipinski definition) is 0. The Labute approximate surface area is 137 Å². The first-order chi connectivity index (χ1) is 10.9. The van der Waals surface area contributed by atoms with Gasteiger partial charge in [0.15, 0.2) is 0 Å². The van der Waals surface area contributed by atoms with E-state index in [4.69, 9.17) is 0 Å². The Bertz CT molecular complexity index is 542. The number of carbonyl (C=O) groups is 4. The Hall–Kier alpha value is -1.93. The summed E-state index contributed by atoms with van der Waals surface area (Å²) in [6, 6.07) is -1.37. The smallest absolute Gasteiger partial charge is 0.385 e. The minimum absolute atomic E-state index is 0.0372. The second-order valence-electron chi connectivity index (χ2n) is 6.28. The van der Waals surface area contributed by atoms with Crippen LogP contribution in [0, 0.1) is 5.41 Å². The second-order valence-corrected chi connectivity index (χ2v) is 6.28. The minimum atomic E-state index is -5.31. The van der Waals surface area contributed by atoms with E-state index < -0.39 is 41.3 Å². The number of likely N-dealkylation sites (tertiary alicyclic amines) is 1. The van der Waals surface area contributed by atoms with Crippen LogP contribution in [-0.2, 0) is 23.9 Å². The molecule has 1 saturated heterocycles. The summed E-state index contributed by atoms with van der Waals surface area (Å²) in [7, 11) is 0. The number of alkyl halides is 3. The van der Waals surface area contributed by atoms with Crippen LogP contribution < -0.4 is 0 Å². The van der Waals surface area contributed by atoms with Crippen molar-refractivity contribution in [2.45, 2.75) is 58.7 Å². The van der Waals surface area contributed by atoms with Crippen molar-refractivity contribution in [3.63, 3.8) is 0 Å². The van der Waals surface area contributed by atoms with Gasteiger partial charge in [0.1, 0.15) is 6.04 Å². The number of nitrogens with zero attached hydrogens (tertiary/aromatic N) is 1. The van der Waals surface area contributed by atoms with Gasteiger partial charge in [-0.25, -0.2) is 9.59 Å². The molecule has 0 aromatic carbocycles. The van der Waals surface area contributed by atoms with Crippen LogP contribution in [0.3, 0.4) is 0 Å². The summed E-state index contributed by atoms with van der Waals surface area (Å²) in [5.41, 5.74) is -0.954. The van der Waals surface area contributed by atoms with Crippen molar-refractivity contribution in [3.8, 4) is 0 Å². The lowest BCUT2D eigenvalue weighted by Gasteiger charge is -2.35. The average molecular weight is 351 g/mol. The molecule has 9 heteroatoms. The van der Waals surface area contributed by atoms with E-state index in [9.17, 15) is 32.3 Å². The fraction of sp³-hybridized carbons (Fsp3) is 0.733. The first-order valence-electron chi connectivity index (χ1n) is 7.60. The summed E-state index contributed by atoms with van der Waals surface area (Å²) in [5, 5.41) is 0. The molecule has 1 aliphatic heterocycles. The molecule has 24 heavy (non-hydrogen) atoms. The maximum Gasteiger partial charge on any atom is 0.491 e. The van der Waals surface area contributed by atoms with E-state index >= 15 is 0 Å². The molecule has 0 aromatic heterocycles. The number of carbonyl (C=O) groups excluding carboxylic acids is 4. The van der Waals surface area contributed by atoms with Crippen LogP contribution >= 0.6 is 0 Å². The number of Topliss-reactive ketones (excluding diaryl/α,β-unsaturated/α-hetero) is 1. The summed E-state index contributed by atoms with van der Waals surface area (Å²) >= 11 is 0. The van der Waals surface area contributed by atoms with Crippen molar-refractivity contribution in [1.29, 1.82) is 0 Å². The highest BCUT2D eigenvalue weighted by Gasteiger charge is 2.46. The van der Waals surface area contributed by atoms with Crippen molar-refractivity contribution >= 4 is 23.6 Å². The molecule has 1 heterocycles. The van der Waals surface area contributed by atoms with E-state index in [0.717, 1.165) is 4.90 Å². The molecule has 0 saturated carbocycles. The molecular weight excluding hydrogens is 331 g/mol. The summed E-state index contributed by atoms with van der Waals surface area (Å²) in [6.45, 7) is 4.90. The van der Waals surface area contributed by atoms with Crippen molar-refractivity contribution in [2.75, 3.05) is 6.54 Å². The zero-order valence-electron chi connectivity index (χ0n) is 13.7. The molecule has 0 aliphatic carbocycles. The zero-order chi connectivity index (χ0) is 18.7. The number of piperidine rings is 1. The first kappa shape index (κ1) is 20.1. The van der Waals surface area contributed by atoms with Gasteiger partial charge in [0, 0.05) is 12.0 Å². The Balaban J connectivity index is 2.93. The van der Waals surface area contributed by atoms with Gasteiger partial charge < -0.3 is 9.64 Å². The second kappa shape index (κ2) is 7.31. The molecule has 1 atom stereocenters. The maximum absolute atomic E-state index is 12.4. The number of ketones is 1. The normalized spacial score (nSPS) is 18.9. The third kappa shape index (κ3) is 4.55. The van der Waals surface area contributed by atoms with Crippen LogP contribution in [0.5, 0.6) is 0 Å². The van der Waals surface area contributed by atoms with Gasteiger partial charge in [-0.15, -0.1) is 0 Å². The lowest BCUT2D eigenvalue weighted by Crippen LogP contribution is -2.53. The highest BCUT2D eigenvalue weighted by atomic mass is 19.4. The summed E-state index contributed by atoms with van der Waals surface area (Å²) in [5.74, 6) is -5.77. The number of ether oxygens (including phenoxy) is 1. The van der Waals surface area contributed by atoms with E-state index in [-0.39, 0.29) is 13.0 Å². The summed E-state index contributed by atoms with van der Waals surface area (Å²) in [4.78, 5) is 48.2. The fourth-order valence-electron chi connectivity index (χ4n) is 2.22. The van der Waals surface area contributed by atoms with Gasteiger partial charge in [0.2, 0.25) is 5.78 Å². The summed E-state index contributed by atoms with van der Waals surface area (Å²) < 4.78 is 40.4. The van der Waals surface area contributed by atoms with E-state index in [1.165, 1.54) is 0 Å². The number of esters is 2. The van der Waals surface area contributed by atoms with Gasteiger partial charge in [0.05, 0.1) is 0 Å². The van der Waals surface area contributed by atoms with Crippen LogP contribution in [0.25, 0.3) is 0 Å². The lowest BCUT2D eigenvalue weighted by molar-refractivity contribution is -0.204. The highest BCUT2D eigenvalue weighted by Crippen LogP contribution is 2.26. The van der Waals surface area contributed by atoms with Crippen molar-refractivity contribution < 1.29 is 37.1 Å². The standard InChI is InChI=1S/C15H20F3NO5/c1-4-14(2,3)10(20)11(21)19-8-6-5-7-9(19)12(22)24-13(23)15(16,17)18/h9H,4-8H2,1-3H3. The molecule has 1 unspecified atom stereocenters. The SMILES string of the molecule is CCC(C)(C)C(=O)C(=O)N1CCCCC1C(=O)OC(=O)C(F)(F)F. The van der Waals surface area contributed by atoms with E-state index in [1.54, 1.807) is 20.8 Å². The Morgan fingerprint density at radius 3 is 2.21 bits per heavy atom. The third-order valence-electron chi connectivity index (χ3n) is 4.15. The van der Waals surface area contributed by atoms with Crippen LogP contribution in [0.2, 0.25) is 0 Å². The largest absolute Gasteiger partial charge is 0.491 e. The Kier molecular flexibility index (Phi) is 6.13. The van der Waals surface area contributed by atoms with Gasteiger partial charge in [0.25, 0.3) is 5.91 Å². The van der Waals surface area contributed by atoms with E-state index in [1.807, 2.05) is 0 Å². The zero-order valence-corrected chi connectivity index (χ0v) is 13.7. The molecule has 0 radical (unpaired) electrons. The molecule has 1 rings (SSSR count). The van der Waals surface area contributed by atoms with E-state index in [2.05, 4.69) is 4.74 Å². The topological polar surface area (TPSA) is 80.8 Å². The third-order valence-corrected chi connectivity index (χ3v) is 4.15. The van der Waals surface area contributed by atoms with Gasteiger partial charge in [-0.2, -0.15) is 13.2 Å². The predicted octanol–water partition coefficient (Wildman–Crippen LogP) is 2.00. The van der Waals surface area contributed by atoms with Crippen molar-refractivity contribution in [3.05, 3.63) is 0 Å². The molecule has 1 amide bonds. The van der Waals surface area contributed by atoms with E-state index in [0.29, 0.717) is 19.3 Å². The van der Waals surface area contributed by atoms with Crippen LogP contribution in [0.4, 0.5) is 13.2 Å². The molecule has 136 valence electrons. The van der Waals surface area contributed by atoms with Crippen LogP contribution in [0.15, 0.2) is 0 Å². The molecule has 0 spiro atoms. The molecule has 1 aliphatic rings. The Morgan fingerprint density at radius 2 is 1.71 bits per heavy atom. The van der Waals surface area contributed by atoms with Crippen LogP contribution in [-0.4, -0.2) is 47.3 Å². The van der Waals surface area contributed by atoms with Gasteiger partial charge in [-0.3, -0.25) is 9.59 Å². The quantitative estimate of drug-likeness (QED) is 0.440. The monoisotopic (exact) mass is 351 g/mol. The molecule has 0 aromatic rings. The van der Waals surface area contributed by atoms with Gasteiger partial charge in [-0.05, 0) is 25.7 Å². The molecule has 6 nitrogen and oxygen atoms in total. The number of amides is 1. The highest BCUT2D eigenvalue weighted by molar-refractivity contribution is 6.38. The maximum atomic E-state index is 12.4. The van der Waals surface area contributed by atoms with Crippen molar-refractivity contribution in [1.82, 2.24) is 4.90 Å². The average Bonchev–Trinajstić information content (AvgIpc) is 2.52. The molecular formula is C15H20F3NO5. The number of halogens is 3. The van der Waals surface area contributed by atoms with Gasteiger partial charge >= 0.3 is 18.1 Å². The molecule has 1 fully saturated rings. The van der Waals surface area contributed by atoms with Gasteiger partial charge in [-0.1, -0.05) is 20.8 Å². The first-order valence-corrected chi connectivity index (χ1v) is 7.60.